The van der Waals surface area contributed by atoms with Crippen LogP contribution in [0.3, 0.4) is 0 Å². The molecule has 6 atom stereocenters. The Morgan fingerprint density at radius 1 is 0.452 bits per heavy atom. The molecule has 3 aliphatic carbocycles. The smallest absolute Gasteiger partial charge is 0.230 e. The first-order valence-electron chi connectivity index (χ1n) is 27.1. The standard InChI is InChI=1S/3C21H19N5O2/c3*22-9-15-6-16(15)21(28)26-20-8-14-5-13(7-19(23)18(14)11-25-20)17-10-24-3-1-12(17)2-4-27/h3*1,3,5,7-8,10-11,15-16,27H,2,4,6,23H2,(H,25,26,28)/t2*15-,16+;/m10./s1. The van der Waals surface area contributed by atoms with Gasteiger partial charge >= 0.3 is 0 Å². The van der Waals surface area contributed by atoms with Crippen LogP contribution in [0.15, 0.2) is 129 Å². The first-order chi connectivity index (χ1) is 40.8. The number of carbonyl (C=O) groups is 3. The summed E-state index contributed by atoms with van der Waals surface area (Å²) in [7, 11) is 0. The average Bonchev–Trinajstić information content (AvgIpc) is 4.42. The Balaban J connectivity index is 0.000000140. The highest BCUT2D eigenvalue weighted by atomic mass is 16.3. The van der Waals surface area contributed by atoms with Crippen molar-refractivity contribution in [3.8, 4) is 51.6 Å². The zero-order valence-electron chi connectivity index (χ0n) is 45.3. The van der Waals surface area contributed by atoms with Gasteiger partial charge in [0.2, 0.25) is 17.7 Å². The minimum atomic E-state index is -0.254. The lowest BCUT2D eigenvalue weighted by Crippen LogP contribution is -2.15. The van der Waals surface area contributed by atoms with Crippen LogP contribution in [-0.2, 0) is 33.6 Å². The second-order valence-electron chi connectivity index (χ2n) is 20.8. The molecule has 6 heterocycles. The Hall–Kier alpha value is -10.5. The Labute approximate surface area is 481 Å². The molecule has 0 radical (unpaired) electrons. The van der Waals surface area contributed by atoms with E-state index < -0.39 is 0 Å². The van der Waals surface area contributed by atoms with Gasteiger partial charge in [-0.3, -0.25) is 29.3 Å². The van der Waals surface area contributed by atoms with Crippen molar-refractivity contribution in [1.82, 2.24) is 29.9 Å². The fourth-order valence-corrected chi connectivity index (χ4v) is 10.1. The molecule has 3 fully saturated rings. The monoisotopic (exact) mass is 1120 g/mol. The van der Waals surface area contributed by atoms with Gasteiger partial charge in [0.1, 0.15) is 17.5 Å². The lowest BCUT2D eigenvalue weighted by atomic mass is 9.97. The zero-order chi connectivity index (χ0) is 59.0. The zero-order valence-corrected chi connectivity index (χ0v) is 45.3. The number of carbonyl (C=O) groups excluding carboxylic acids is 3. The van der Waals surface area contributed by atoms with Crippen molar-refractivity contribution in [3.63, 3.8) is 0 Å². The van der Waals surface area contributed by atoms with E-state index >= 15 is 0 Å². The third-order valence-electron chi connectivity index (χ3n) is 15.1. The highest BCUT2D eigenvalue weighted by Gasteiger charge is 2.45. The van der Waals surface area contributed by atoms with Crippen molar-refractivity contribution in [1.29, 1.82) is 15.8 Å². The molecule has 3 saturated carbocycles. The van der Waals surface area contributed by atoms with Gasteiger partial charge in [-0.15, -0.1) is 0 Å². The first kappa shape index (κ1) is 56.8. The third kappa shape index (κ3) is 12.8. The van der Waals surface area contributed by atoms with Crippen molar-refractivity contribution >= 4 is 84.6 Å². The van der Waals surface area contributed by atoms with Crippen molar-refractivity contribution in [2.24, 2.45) is 35.5 Å². The Morgan fingerprint density at radius 3 is 0.988 bits per heavy atom. The summed E-state index contributed by atoms with van der Waals surface area (Å²) in [6.45, 7) is 0.140. The fourth-order valence-electron chi connectivity index (χ4n) is 10.1. The van der Waals surface area contributed by atoms with Gasteiger partial charge in [-0.25, -0.2) is 15.0 Å². The molecule has 2 unspecified atom stereocenters. The minimum absolute atomic E-state index is 0.0467. The van der Waals surface area contributed by atoms with E-state index in [0.29, 0.717) is 73.0 Å². The normalized spacial score (nSPS) is 17.9. The summed E-state index contributed by atoms with van der Waals surface area (Å²) in [5.41, 5.74) is 28.7. The van der Waals surface area contributed by atoms with Crippen LogP contribution >= 0.6 is 0 Å². The minimum Gasteiger partial charge on any atom is -0.398 e. The van der Waals surface area contributed by atoms with Gasteiger partial charge in [0, 0.05) is 126 Å². The maximum absolute atomic E-state index is 12.2. The molecule has 3 aromatic carbocycles. The number of benzene rings is 3. The van der Waals surface area contributed by atoms with Gasteiger partial charge in [0.15, 0.2) is 0 Å². The van der Waals surface area contributed by atoms with Crippen molar-refractivity contribution < 1.29 is 29.7 Å². The van der Waals surface area contributed by atoms with Gasteiger partial charge in [-0.2, -0.15) is 15.8 Å². The second kappa shape index (κ2) is 25.1. The Kier molecular flexibility index (Phi) is 17.0. The number of amides is 3. The number of aromatic nitrogens is 6. The number of anilines is 6. The summed E-state index contributed by atoms with van der Waals surface area (Å²) in [5.74, 6) is -0.603. The largest absolute Gasteiger partial charge is 0.398 e. The number of aliphatic hydroxyl groups is 3. The molecule has 9 aromatic rings. The maximum Gasteiger partial charge on any atom is 0.230 e. The first-order valence-corrected chi connectivity index (χ1v) is 27.1. The van der Waals surface area contributed by atoms with E-state index in [4.69, 9.17) is 33.0 Å². The predicted molar refractivity (Wildman–Crippen MR) is 318 cm³/mol. The summed E-state index contributed by atoms with van der Waals surface area (Å²) >= 11 is 0. The molecule has 21 nitrogen and oxygen atoms in total. The number of nitrogens with one attached hydrogen (secondary N) is 3. The molecular weight excluding hydrogens is 1060 g/mol. The number of fused-ring (bicyclic) bond motifs is 3. The number of nitrogens with two attached hydrogens (primary N) is 3. The molecular formula is C63H57N15O6. The van der Waals surface area contributed by atoms with E-state index in [1.807, 2.05) is 54.6 Å². The fraction of sp³-hybridized carbons (Fsp3) is 0.238. The van der Waals surface area contributed by atoms with E-state index in [1.54, 1.807) is 74.0 Å². The highest BCUT2D eigenvalue weighted by Crippen LogP contribution is 2.41. The van der Waals surface area contributed by atoms with Gasteiger partial charge < -0.3 is 48.5 Å². The summed E-state index contributed by atoms with van der Waals surface area (Å²) in [5, 5.41) is 67.8. The number of nitrogen functional groups attached to an aromatic ring is 3. The topological polar surface area (TPSA) is 375 Å². The van der Waals surface area contributed by atoms with Crippen LogP contribution in [-0.4, -0.2) is 82.8 Å². The molecule has 0 saturated heterocycles. The molecule has 0 spiro atoms. The molecule has 12 N–H and O–H groups in total. The van der Waals surface area contributed by atoms with Crippen LogP contribution in [0.25, 0.3) is 65.7 Å². The van der Waals surface area contributed by atoms with Crippen LogP contribution in [0.1, 0.15) is 36.0 Å². The molecule has 3 aliphatic rings. The second-order valence-corrected chi connectivity index (χ2v) is 20.8. The van der Waals surface area contributed by atoms with Gasteiger partial charge in [0.05, 0.1) is 53.7 Å². The third-order valence-corrected chi connectivity index (χ3v) is 15.1. The van der Waals surface area contributed by atoms with Gasteiger partial charge in [-0.1, -0.05) is 0 Å². The van der Waals surface area contributed by atoms with Gasteiger partial charge in [0.25, 0.3) is 0 Å². The van der Waals surface area contributed by atoms with E-state index in [9.17, 15) is 29.7 Å². The molecule has 3 amide bonds. The quantitative estimate of drug-likeness (QED) is 0.0447. The predicted octanol–water partition coefficient (Wildman–Crippen LogP) is 7.54. The number of hydrogen-bond donors (Lipinski definition) is 9. The average molecular weight is 1120 g/mol. The number of nitriles is 3. The molecule has 21 heteroatoms. The van der Waals surface area contributed by atoms with Crippen molar-refractivity contribution in [3.05, 3.63) is 145 Å². The molecule has 0 aliphatic heterocycles. The number of pyridine rings is 6. The maximum atomic E-state index is 12.2. The molecule has 420 valence electrons. The summed E-state index contributed by atoms with van der Waals surface area (Å²) in [4.78, 5) is 62.0. The van der Waals surface area contributed by atoms with E-state index in [-0.39, 0.29) is 73.0 Å². The molecule has 6 aromatic heterocycles. The van der Waals surface area contributed by atoms with Crippen LogP contribution < -0.4 is 33.2 Å². The number of rotatable bonds is 15. The van der Waals surface area contributed by atoms with Crippen LogP contribution in [0, 0.1) is 69.5 Å². The van der Waals surface area contributed by atoms with E-state index in [2.05, 4.69) is 64.1 Å². The van der Waals surface area contributed by atoms with E-state index in [1.165, 1.54) is 0 Å². The number of aliphatic hydroxyl groups excluding tert-OH is 3. The molecule has 84 heavy (non-hydrogen) atoms. The number of hydrogen-bond acceptors (Lipinski definition) is 18. The highest BCUT2D eigenvalue weighted by molar-refractivity contribution is 6.03. The Bertz CT molecular complexity index is 3740. The SMILES string of the molecule is N#CC1CC1C(=O)Nc1cc2cc(-c3cnccc3CCO)cc(N)c2cn1.N#C[C@@H]1C[C@H]1C(=O)Nc1cc2cc(-c3cnccc3CCO)cc(N)c2cn1.N#C[C@H]1C[C@@H]1C(=O)Nc1cc2cc(-c3cnccc3CCO)cc(N)c2cn1. The van der Waals surface area contributed by atoms with Crippen LogP contribution in [0.2, 0.25) is 0 Å². The van der Waals surface area contributed by atoms with E-state index in [0.717, 1.165) is 82.4 Å². The molecule has 0 bridgehead atoms. The van der Waals surface area contributed by atoms with Crippen molar-refractivity contribution in [2.45, 2.75) is 38.5 Å². The van der Waals surface area contributed by atoms with Crippen LogP contribution in [0.5, 0.6) is 0 Å². The van der Waals surface area contributed by atoms with Crippen LogP contribution in [0.4, 0.5) is 34.5 Å². The van der Waals surface area contributed by atoms with Crippen molar-refractivity contribution in [2.75, 3.05) is 53.0 Å². The number of nitrogens with zero attached hydrogens (tertiary/aromatic N) is 9. The van der Waals surface area contributed by atoms with Gasteiger partial charge in [-0.05, 0) is 161 Å². The summed E-state index contributed by atoms with van der Waals surface area (Å²) in [6, 6.07) is 28.8. The lowest BCUT2D eigenvalue weighted by molar-refractivity contribution is -0.118. The lowest BCUT2D eigenvalue weighted by Gasteiger charge is -2.12. The molecule has 12 rings (SSSR count). The Morgan fingerprint density at radius 2 is 0.738 bits per heavy atom. The summed E-state index contributed by atoms with van der Waals surface area (Å²) in [6.07, 6.45) is 18.6. The summed E-state index contributed by atoms with van der Waals surface area (Å²) < 4.78 is 0.